The highest BCUT2D eigenvalue weighted by molar-refractivity contribution is 6.30. The van der Waals surface area contributed by atoms with Gasteiger partial charge in [-0.1, -0.05) is 65.7 Å². The summed E-state index contributed by atoms with van der Waals surface area (Å²) in [4.78, 5) is 25.9. The molecule has 36 heavy (non-hydrogen) atoms. The van der Waals surface area contributed by atoms with Crippen molar-refractivity contribution >= 4 is 34.2 Å². The first-order chi connectivity index (χ1) is 17.5. The molecule has 0 aliphatic carbocycles. The highest BCUT2D eigenvalue weighted by Gasteiger charge is 2.17. The number of rotatable bonds is 8. The van der Waals surface area contributed by atoms with Crippen LogP contribution in [0.5, 0.6) is 0 Å². The topological polar surface area (TPSA) is 81.3 Å². The van der Waals surface area contributed by atoms with Crippen LogP contribution < -0.4 is 10.9 Å². The van der Waals surface area contributed by atoms with Crippen LogP contribution in [0.15, 0.2) is 77.6 Å². The maximum Gasteiger partial charge on any atom is 0.263 e. The molecule has 8 heteroatoms. The lowest BCUT2D eigenvalue weighted by atomic mass is 10.1. The molecule has 2 aromatic heterocycles. The molecule has 0 bridgehead atoms. The van der Waals surface area contributed by atoms with Crippen LogP contribution in [0.1, 0.15) is 28.9 Å². The molecule has 7 nitrogen and oxygen atoms in total. The Morgan fingerprint density at radius 1 is 0.917 bits per heavy atom. The molecule has 5 aromatic rings. The summed E-state index contributed by atoms with van der Waals surface area (Å²) in [5.41, 5.74) is 3.90. The van der Waals surface area contributed by atoms with E-state index in [1.165, 1.54) is 0 Å². The minimum atomic E-state index is -0.113. The predicted octanol–water partition coefficient (Wildman–Crippen LogP) is 4.35. The smallest absolute Gasteiger partial charge is 0.263 e. The van der Waals surface area contributed by atoms with Gasteiger partial charge in [-0.3, -0.25) is 18.6 Å². The molecule has 0 unspecified atom stereocenters. The first-order valence-corrected chi connectivity index (χ1v) is 12.3. The van der Waals surface area contributed by atoms with E-state index in [0.717, 1.165) is 28.6 Å². The highest BCUT2D eigenvalue weighted by Crippen LogP contribution is 2.17. The van der Waals surface area contributed by atoms with Gasteiger partial charge in [0.1, 0.15) is 5.82 Å². The maximum atomic E-state index is 13.4. The number of hydrogen-bond donors (Lipinski definition) is 1. The van der Waals surface area contributed by atoms with Crippen molar-refractivity contribution in [3.05, 3.63) is 111 Å². The zero-order valence-electron chi connectivity index (χ0n) is 19.9. The number of nitrogens with one attached hydrogen (secondary N) is 1. The van der Waals surface area contributed by atoms with E-state index in [4.69, 9.17) is 11.6 Å². The molecular weight excluding hydrogens is 474 g/mol. The Morgan fingerprint density at radius 2 is 1.64 bits per heavy atom. The summed E-state index contributed by atoms with van der Waals surface area (Å²) in [5, 5.41) is 13.0. The summed E-state index contributed by atoms with van der Waals surface area (Å²) in [6.45, 7) is 2.96. The van der Waals surface area contributed by atoms with Gasteiger partial charge in [0, 0.05) is 24.4 Å². The summed E-state index contributed by atoms with van der Waals surface area (Å²) in [6, 6.07) is 23.1. The minimum absolute atomic E-state index is 0.0574. The fraction of sp³-hybridized carbons (Fsp3) is 0.214. The second-order valence-corrected chi connectivity index (χ2v) is 9.31. The molecule has 2 heterocycles. The number of aryl methyl sites for hydroxylation is 2. The number of fused-ring (bicyclic) bond motifs is 3. The summed E-state index contributed by atoms with van der Waals surface area (Å²) >= 11 is 5.93. The van der Waals surface area contributed by atoms with E-state index in [-0.39, 0.29) is 17.9 Å². The van der Waals surface area contributed by atoms with Gasteiger partial charge in [0.2, 0.25) is 11.7 Å². The second-order valence-electron chi connectivity index (χ2n) is 8.87. The van der Waals surface area contributed by atoms with E-state index in [9.17, 15) is 9.59 Å². The summed E-state index contributed by atoms with van der Waals surface area (Å²) in [5.74, 6) is 1.06. The van der Waals surface area contributed by atoms with Gasteiger partial charge in [-0.05, 0) is 48.7 Å². The molecule has 3 aromatic carbocycles. The zero-order valence-corrected chi connectivity index (χ0v) is 20.7. The lowest BCUT2D eigenvalue weighted by molar-refractivity contribution is -0.121. The fourth-order valence-electron chi connectivity index (χ4n) is 4.31. The van der Waals surface area contributed by atoms with Crippen LogP contribution in [-0.2, 0) is 24.2 Å². The monoisotopic (exact) mass is 499 g/mol. The molecule has 0 spiro atoms. The van der Waals surface area contributed by atoms with Gasteiger partial charge in [0.25, 0.3) is 5.56 Å². The SMILES string of the molecule is Cc1ccc(Cn2c(=O)c3ccccc3n3c(CCC(=O)NCCc4ccc(Cl)cc4)nnc23)cc1. The number of carbonyl (C=O) groups is 1. The molecule has 0 aliphatic rings. The van der Waals surface area contributed by atoms with Crippen molar-refractivity contribution in [2.45, 2.75) is 32.7 Å². The molecule has 1 amide bonds. The van der Waals surface area contributed by atoms with E-state index in [1.807, 2.05) is 84.1 Å². The molecule has 5 rings (SSSR count). The number of carbonyl (C=O) groups excluding carboxylic acids is 1. The minimum Gasteiger partial charge on any atom is -0.356 e. The van der Waals surface area contributed by atoms with E-state index < -0.39 is 0 Å². The van der Waals surface area contributed by atoms with E-state index in [2.05, 4.69) is 15.5 Å². The number of hydrogen-bond acceptors (Lipinski definition) is 4. The Kier molecular flexibility index (Phi) is 6.82. The number of amides is 1. The van der Waals surface area contributed by atoms with Crippen LogP contribution in [-0.4, -0.2) is 31.6 Å². The molecule has 0 fully saturated rings. The van der Waals surface area contributed by atoms with Crippen molar-refractivity contribution in [1.82, 2.24) is 24.5 Å². The summed E-state index contributed by atoms with van der Waals surface area (Å²) < 4.78 is 3.54. The van der Waals surface area contributed by atoms with Crippen molar-refractivity contribution in [2.24, 2.45) is 0 Å². The standard InChI is InChI=1S/C28H26ClN5O2/c1-19-6-8-21(9-7-19)18-33-27(36)23-4-2-3-5-24(23)34-25(31-32-28(33)34)14-15-26(35)30-17-16-20-10-12-22(29)13-11-20/h2-13H,14-18H2,1H3,(H,30,35). The van der Waals surface area contributed by atoms with E-state index in [1.54, 1.807) is 4.57 Å². The fourth-order valence-corrected chi connectivity index (χ4v) is 4.43. The van der Waals surface area contributed by atoms with Crippen molar-refractivity contribution in [1.29, 1.82) is 0 Å². The maximum absolute atomic E-state index is 13.4. The summed E-state index contributed by atoms with van der Waals surface area (Å²) in [7, 11) is 0. The van der Waals surface area contributed by atoms with Gasteiger partial charge in [-0.15, -0.1) is 10.2 Å². The van der Waals surface area contributed by atoms with Crippen LogP contribution in [0.25, 0.3) is 16.7 Å². The lowest BCUT2D eigenvalue weighted by Crippen LogP contribution is -2.26. The number of aromatic nitrogens is 4. The van der Waals surface area contributed by atoms with Crippen molar-refractivity contribution < 1.29 is 4.79 Å². The first-order valence-electron chi connectivity index (χ1n) is 11.9. The Balaban J connectivity index is 1.37. The molecular formula is C28H26ClN5O2. The molecule has 182 valence electrons. The number of benzene rings is 3. The Hall–Kier alpha value is -3.97. The first kappa shape index (κ1) is 23.8. The van der Waals surface area contributed by atoms with Crippen molar-refractivity contribution in [3.63, 3.8) is 0 Å². The predicted molar refractivity (Wildman–Crippen MR) is 142 cm³/mol. The average molecular weight is 500 g/mol. The average Bonchev–Trinajstić information content (AvgIpc) is 3.32. The largest absolute Gasteiger partial charge is 0.356 e. The van der Waals surface area contributed by atoms with Crippen molar-refractivity contribution in [2.75, 3.05) is 6.54 Å². The Labute approximate surface area is 213 Å². The number of para-hydroxylation sites is 1. The number of nitrogens with zero attached hydrogens (tertiary/aromatic N) is 4. The van der Waals surface area contributed by atoms with Crippen LogP contribution in [0, 0.1) is 6.92 Å². The Bertz CT molecular complexity index is 1590. The van der Waals surface area contributed by atoms with Crippen molar-refractivity contribution in [3.8, 4) is 0 Å². The molecule has 0 saturated carbocycles. The molecule has 0 saturated heterocycles. The lowest BCUT2D eigenvalue weighted by Gasteiger charge is -2.12. The third-order valence-corrected chi connectivity index (χ3v) is 6.51. The zero-order chi connectivity index (χ0) is 25.1. The molecule has 0 radical (unpaired) electrons. The van der Waals surface area contributed by atoms with Crippen LogP contribution in [0.2, 0.25) is 5.02 Å². The van der Waals surface area contributed by atoms with Crippen LogP contribution in [0.4, 0.5) is 0 Å². The molecule has 1 N–H and O–H groups in total. The Morgan fingerprint density at radius 3 is 2.42 bits per heavy atom. The van der Waals surface area contributed by atoms with Crippen LogP contribution in [0.3, 0.4) is 0 Å². The highest BCUT2D eigenvalue weighted by atomic mass is 35.5. The van der Waals surface area contributed by atoms with E-state index in [0.29, 0.717) is 41.5 Å². The molecule has 0 aliphatic heterocycles. The summed E-state index contributed by atoms with van der Waals surface area (Å²) in [6.07, 6.45) is 1.40. The second kappa shape index (κ2) is 10.3. The number of halogens is 1. The van der Waals surface area contributed by atoms with Gasteiger partial charge >= 0.3 is 0 Å². The van der Waals surface area contributed by atoms with Gasteiger partial charge in [0.05, 0.1) is 17.4 Å². The van der Waals surface area contributed by atoms with Gasteiger partial charge in [-0.2, -0.15) is 0 Å². The molecule has 0 atom stereocenters. The third-order valence-electron chi connectivity index (χ3n) is 6.26. The van der Waals surface area contributed by atoms with Gasteiger partial charge in [0.15, 0.2) is 0 Å². The third kappa shape index (κ3) is 5.02. The normalized spacial score (nSPS) is 11.3. The van der Waals surface area contributed by atoms with Gasteiger partial charge < -0.3 is 5.32 Å². The van der Waals surface area contributed by atoms with Gasteiger partial charge in [-0.25, -0.2) is 0 Å². The van der Waals surface area contributed by atoms with E-state index >= 15 is 0 Å². The van der Waals surface area contributed by atoms with Crippen LogP contribution >= 0.6 is 11.6 Å². The quantitative estimate of drug-likeness (QED) is 0.344.